The van der Waals surface area contributed by atoms with Crippen molar-refractivity contribution in [2.24, 2.45) is 5.92 Å². The second kappa shape index (κ2) is 3.86. The Balaban J connectivity index is 2.10. The first-order valence-electron chi connectivity index (χ1n) is 5.01. The van der Waals surface area contributed by atoms with Crippen LogP contribution in [0.4, 0.5) is 0 Å². The first-order chi connectivity index (χ1) is 7.49. The van der Waals surface area contributed by atoms with Crippen molar-refractivity contribution >= 4 is 17.7 Å². The Kier molecular flexibility index (Phi) is 2.67. The Morgan fingerprint density at radius 1 is 1.25 bits per heavy atom. The fourth-order valence-corrected chi connectivity index (χ4v) is 2.16. The van der Waals surface area contributed by atoms with Crippen molar-refractivity contribution in [3.63, 3.8) is 0 Å². The lowest BCUT2D eigenvalue weighted by molar-refractivity contribution is -0.187. The number of rotatable bonds is 2. The van der Waals surface area contributed by atoms with Gasteiger partial charge < -0.3 is 14.2 Å². The van der Waals surface area contributed by atoms with Crippen LogP contribution in [0.3, 0.4) is 0 Å². The summed E-state index contributed by atoms with van der Waals surface area (Å²) in [6.45, 7) is 2.50. The number of hydrogen-bond donors (Lipinski definition) is 0. The summed E-state index contributed by atoms with van der Waals surface area (Å²) in [6.07, 6.45) is -1.80. The Hall–Kier alpha value is -1.43. The second-order valence-electron chi connectivity index (χ2n) is 3.92. The normalized spacial score (nSPS) is 36.2. The molecule has 2 bridgehead atoms. The van der Waals surface area contributed by atoms with Crippen molar-refractivity contribution in [3.05, 3.63) is 0 Å². The predicted octanol–water partition coefficient (Wildman–Crippen LogP) is -0.205. The number of carbonyl (C=O) groups excluding carboxylic acids is 3. The Labute approximate surface area is 91.8 Å². The monoisotopic (exact) mass is 228 g/mol. The van der Waals surface area contributed by atoms with Crippen molar-refractivity contribution < 1.29 is 28.6 Å². The molecule has 0 aromatic rings. The van der Waals surface area contributed by atoms with E-state index in [4.69, 9.17) is 14.2 Å². The van der Waals surface area contributed by atoms with Gasteiger partial charge in [-0.25, -0.2) is 0 Å². The van der Waals surface area contributed by atoms with Crippen molar-refractivity contribution in [3.8, 4) is 0 Å². The van der Waals surface area contributed by atoms with E-state index in [0.29, 0.717) is 0 Å². The van der Waals surface area contributed by atoms with Crippen LogP contribution in [0.25, 0.3) is 0 Å². The predicted molar refractivity (Wildman–Crippen MR) is 49.1 cm³/mol. The maximum atomic E-state index is 11.6. The fraction of sp³-hybridized carbons (Fsp3) is 0.700. The number of hydrogen-bond acceptors (Lipinski definition) is 6. The largest absolute Gasteiger partial charge is 0.459 e. The molecular weight excluding hydrogens is 216 g/mol. The zero-order valence-corrected chi connectivity index (χ0v) is 8.97. The van der Waals surface area contributed by atoms with Crippen LogP contribution in [0.2, 0.25) is 0 Å². The summed E-state index contributed by atoms with van der Waals surface area (Å²) >= 11 is 0. The molecule has 1 aliphatic heterocycles. The van der Waals surface area contributed by atoms with Gasteiger partial charge in [-0.1, -0.05) is 0 Å². The van der Waals surface area contributed by atoms with Gasteiger partial charge in [0.15, 0.2) is 0 Å². The van der Waals surface area contributed by atoms with Gasteiger partial charge in [0, 0.05) is 20.3 Å². The SMILES string of the molecule is CC(=O)OC1[C@H]2CC(=O)[C@@H]1[C@@H](OC(C)=O)O2. The van der Waals surface area contributed by atoms with Crippen molar-refractivity contribution in [1.82, 2.24) is 0 Å². The molecule has 2 rings (SSSR count). The molecule has 0 spiro atoms. The summed E-state index contributed by atoms with van der Waals surface area (Å²) in [5.74, 6) is -1.75. The number of ether oxygens (including phenoxy) is 3. The summed E-state index contributed by atoms with van der Waals surface area (Å²) in [5.41, 5.74) is 0. The van der Waals surface area contributed by atoms with E-state index in [1.54, 1.807) is 0 Å². The van der Waals surface area contributed by atoms with Gasteiger partial charge in [-0.15, -0.1) is 0 Å². The third kappa shape index (κ3) is 1.80. The van der Waals surface area contributed by atoms with Gasteiger partial charge in [0.05, 0.1) is 0 Å². The van der Waals surface area contributed by atoms with Crippen LogP contribution in [-0.2, 0) is 28.6 Å². The molecule has 0 aromatic carbocycles. The minimum Gasteiger partial charge on any atom is -0.459 e. The minimum atomic E-state index is -0.909. The molecule has 1 aliphatic carbocycles. The van der Waals surface area contributed by atoms with E-state index in [1.807, 2.05) is 0 Å². The summed E-state index contributed by atoms with van der Waals surface area (Å²) in [4.78, 5) is 33.2. The number of fused-ring (bicyclic) bond motifs is 2. The molecule has 2 aliphatic rings. The highest BCUT2D eigenvalue weighted by molar-refractivity contribution is 5.87. The molecule has 0 amide bonds. The standard InChI is InChI=1S/C10H12O6/c1-4(11)14-9-7-3-6(13)8(9)10(16-7)15-5(2)12/h7-10H,3H2,1-2H3/t7-,8+,9?,10+/m1/s1. The maximum absolute atomic E-state index is 11.6. The minimum absolute atomic E-state index is 0.0891. The lowest BCUT2D eigenvalue weighted by Crippen LogP contribution is -2.33. The smallest absolute Gasteiger partial charge is 0.304 e. The molecule has 2 fully saturated rings. The van der Waals surface area contributed by atoms with Crippen LogP contribution in [0.5, 0.6) is 0 Å². The number of Topliss-reactive ketones (excluding diaryl/α,β-unsaturated/α-hetero) is 1. The van der Waals surface area contributed by atoms with Crippen LogP contribution in [0, 0.1) is 5.92 Å². The van der Waals surface area contributed by atoms with Crippen molar-refractivity contribution in [2.75, 3.05) is 0 Å². The van der Waals surface area contributed by atoms with Gasteiger partial charge in [-0.05, 0) is 0 Å². The molecule has 16 heavy (non-hydrogen) atoms. The number of carbonyl (C=O) groups is 3. The molecule has 1 heterocycles. The Morgan fingerprint density at radius 2 is 1.88 bits per heavy atom. The van der Waals surface area contributed by atoms with Gasteiger partial charge >= 0.3 is 11.9 Å². The van der Waals surface area contributed by atoms with Crippen molar-refractivity contribution in [2.45, 2.75) is 38.8 Å². The number of esters is 2. The summed E-state index contributed by atoms with van der Waals surface area (Å²) in [7, 11) is 0. The summed E-state index contributed by atoms with van der Waals surface area (Å²) in [5, 5.41) is 0. The van der Waals surface area contributed by atoms with Gasteiger partial charge in [0.25, 0.3) is 0 Å². The molecule has 0 N–H and O–H groups in total. The van der Waals surface area contributed by atoms with Crippen molar-refractivity contribution in [1.29, 1.82) is 0 Å². The van der Waals surface area contributed by atoms with E-state index in [9.17, 15) is 14.4 Å². The van der Waals surface area contributed by atoms with E-state index in [0.717, 1.165) is 0 Å². The molecule has 1 saturated heterocycles. The third-order valence-corrected chi connectivity index (χ3v) is 2.68. The molecule has 6 heteroatoms. The molecule has 0 radical (unpaired) electrons. The lowest BCUT2D eigenvalue weighted by atomic mass is 10.1. The molecule has 1 unspecified atom stereocenters. The van der Waals surface area contributed by atoms with Crippen LogP contribution < -0.4 is 0 Å². The topological polar surface area (TPSA) is 78.9 Å². The van der Waals surface area contributed by atoms with Crippen LogP contribution in [-0.4, -0.2) is 36.2 Å². The van der Waals surface area contributed by atoms with Gasteiger partial charge in [0.2, 0.25) is 6.29 Å². The highest BCUT2D eigenvalue weighted by Crippen LogP contribution is 2.40. The van der Waals surface area contributed by atoms with E-state index < -0.39 is 36.4 Å². The average molecular weight is 228 g/mol. The zero-order valence-electron chi connectivity index (χ0n) is 8.97. The van der Waals surface area contributed by atoms with E-state index in [2.05, 4.69) is 0 Å². The van der Waals surface area contributed by atoms with Crippen LogP contribution >= 0.6 is 0 Å². The van der Waals surface area contributed by atoms with E-state index in [1.165, 1.54) is 13.8 Å². The second-order valence-corrected chi connectivity index (χ2v) is 3.92. The Morgan fingerprint density at radius 3 is 2.44 bits per heavy atom. The highest BCUT2D eigenvalue weighted by atomic mass is 16.7. The zero-order chi connectivity index (χ0) is 11.9. The third-order valence-electron chi connectivity index (χ3n) is 2.68. The van der Waals surface area contributed by atoms with Gasteiger partial charge in [0.1, 0.15) is 23.9 Å². The summed E-state index contributed by atoms with van der Waals surface area (Å²) < 4.78 is 15.2. The highest BCUT2D eigenvalue weighted by Gasteiger charge is 2.58. The molecule has 4 atom stereocenters. The quantitative estimate of drug-likeness (QED) is 0.609. The van der Waals surface area contributed by atoms with Crippen LogP contribution in [0.1, 0.15) is 20.3 Å². The van der Waals surface area contributed by atoms with E-state index >= 15 is 0 Å². The average Bonchev–Trinajstić information content (AvgIpc) is 2.55. The van der Waals surface area contributed by atoms with Gasteiger partial charge in [-0.3, -0.25) is 14.4 Å². The molecule has 88 valence electrons. The first-order valence-corrected chi connectivity index (χ1v) is 5.01. The molecule has 1 saturated carbocycles. The Bertz CT molecular complexity index is 349. The summed E-state index contributed by atoms with van der Waals surface area (Å²) in [6, 6.07) is 0. The molecular formula is C10H12O6. The first kappa shape index (κ1) is 11.1. The van der Waals surface area contributed by atoms with E-state index in [-0.39, 0.29) is 12.2 Å². The van der Waals surface area contributed by atoms with Crippen LogP contribution in [0.15, 0.2) is 0 Å². The molecule has 6 nitrogen and oxygen atoms in total. The maximum Gasteiger partial charge on any atom is 0.304 e. The fourth-order valence-electron chi connectivity index (χ4n) is 2.16. The van der Waals surface area contributed by atoms with Gasteiger partial charge in [-0.2, -0.15) is 0 Å². The molecule has 0 aromatic heterocycles. The lowest BCUT2D eigenvalue weighted by Gasteiger charge is -2.19. The number of ketones is 1.